The van der Waals surface area contributed by atoms with Crippen LogP contribution < -0.4 is 0 Å². The summed E-state index contributed by atoms with van der Waals surface area (Å²) in [5.74, 6) is 0. The summed E-state index contributed by atoms with van der Waals surface area (Å²) in [5.41, 5.74) is 2.17. The van der Waals surface area contributed by atoms with Crippen LogP contribution in [0.1, 0.15) is 11.1 Å². The zero-order valence-electron chi connectivity index (χ0n) is 9.23. The Balaban J connectivity index is 2.05. The predicted octanol–water partition coefficient (Wildman–Crippen LogP) is 1.19. The fourth-order valence-corrected chi connectivity index (χ4v) is 2.29. The Morgan fingerprint density at radius 2 is 1.94 bits per heavy atom. The molecule has 1 heterocycles. The lowest BCUT2D eigenvalue weighted by Crippen LogP contribution is -2.22. The number of hydrogen-bond donors (Lipinski definition) is 2. The summed E-state index contributed by atoms with van der Waals surface area (Å²) in [6, 6.07) is 5.94. The highest BCUT2D eigenvalue weighted by atomic mass is 35.5. The van der Waals surface area contributed by atoms with Crippen molar-refractivity contribution in [3.05, 3.63) is 34.3 Å². The Hall–Kier alpha value is -0.610. The van der Waals surface area contributed by atoms with E-state index in [1.54, 1.807) is 0 Å². The summed E-state index contributed by atoms with van der Waals surface area (Å²) < 4.78 is 0. The molecular weight excluding hydrogens is 226 g/mol. The largest absolute Gasteiger partial charge is 0.389 e. The average Bonchev–Trinajstić information content (AvgIpc) is 2.51. The number of aryl methyl sites for hydroxylation is 1. The molecule has 0 radical (unpaired) electrons. The Bertz CT molecular complexity index is 373. The van der Waals surface area contributed by atoms with Gasteiger partial charge in [-0.3, -0.25) is 4.90 Å². The van der Waals surface area contributed by atoms with E-state index in [1.807, 2.05) is 30.0 Å². The van der Waals surface area contributed by atoms with Gasteiger partial charge in [0.1, 0.15) is 0 Å². The molecule has 0 aliphatic carbocycles. The van der Waals surface area contributed by atoms with Crippen LogP contribution in [0.15, 0.2) is 18.2 Å². The molecule has 88 valence electrons. The third-order valence-corrected chi connectivity index (χ3v) is 3.29. The second-order valence-electron chi connectivity index (χ2n) is 4.42. The van der Waals surface area contributed by atoms with Gasteiger partial charge in [0.25, 0.3) is 0 Å². The fourth-order valence-electron chi connectivity index (χ4n) is 2.00. The predicted molar refractivity (Wildman–Crippen MR) is 63.5 cm³/mol. The van der Waals surface area contributed by atoms with Gasteiger partial charge in [0.15, 0.2) is 0 Å². The molecule has 3 nitrogen and oxygen atoms in total. The van der Waals surface area contributed by atoms with E-state index in [4.69, 9.17) is 11.6 Å². The number of rotatable bonds is 2. The number of aliphatic hydroxyl groups excluding tert-OH is 2. The van der Waals surface area contributed by atoms with Gasteiger partial charge in [-0.1, -0.05) is 23.7 Å². The normalized spacial score (nSPS) is 26.2. The lowest BCUT2D eigenvalue weighted by molar-refractivity contribution is 0.0572. The molecular formula is C12H16ClNO2. The first kappa shape index (κ1) is 11.9. The minimum Gasteiger partial charge on any atom is -0.389 e. The maximum atomic E-state index is 9.43. The number of halogens is 1. The molecule has 1 fully saturated rings. The number of likely N-dealkylation sites (tertiary alicyclic amines) is 1. The van der Waals surface area contributed by atoms with Crippen LogP contribution in [0.5, 0.6) is 0 Å². The lowest BCUT2D eigenvalue weighted by Gasteiger charge is -2.15. The van der Waals surface area contributed by atoms with E-state index in [2.05, 4.69) is 0 Å². The van der Waals surface area contributed by atoms with Crippen LogP contribution in [0.3, 0.4) is 0 Å². The van der Waals surface area contributed by atoms with Gasteiger partial charge in [-0.05, 0) is 24.1 Å². The zero-order valence-corrected chi connectivity index (χ0v) is 9.98. The van der Waals surface area contributed by atoms with Crippen molar-refractivity contribution in [1.29, 1.82) is 0 Å². The van der Waals surface area contributed by atoms with Gasteiger partial charge in [-0.25, -0.2) is 0 Å². The summed E-state index contributed by atoms with van der Waals surface area (Å²) in [6.07, 6.45) is -1.27. The van der Waals surface area contributed by atoms with Crippen LogP contribution in [0.4, 0.5) is 0 Å². The van der Waals surface area contributed by atoms with Crippen molar-refractivity contribution in [3.63, 3.8) is 0 Å². The first-order chi connectivity index (χ1) is 7.56. The molecule has 1 saturated heterocycles. The summed E-state index contributed by atoms with van der Waals surface area (Å²) in [4.78, 5) is 2.01. The molecule has 1 aliphatic heterocycles. The minimum atomic E-state index is -0.635. The van der Waals surface area contributed by atoms with E-state index in [0.29, 0.717) is 19.6 Å². The first-order valence-corrected chi connectivity index (χ1v) is 5.77. The van der Waals surface area contributed by atoms with Crippen LogP contribution >= 0.6 is 11.6 Å². The summed E-state index contributed by atoms with van der Waals surface area (Å²) in [5, 5.41) is 19.6. The number of β-amino-alcohol motifs (C(OH)–C–C–N with tert-alkyl or cyclic N) is 2. The highest BCUT2D eigenvalue weighted by molar-refractivity contribution is 6.31. The molecule has 1 aliphatic rings. The van der Waals surface area contributed by atoms with Crippen molar-refractivity contribution in [2.75, 3.05) is 13.1 Å². The van der Waals surface area contributed by atoms with E-state index in [0.717, 1.165) is 16.1 Å². The third kappa shape index (κ3) is 2.55. The van der Waals surface area contributed by atoms with Crippen molar-refractivity contribution in [2.45, 2.75) is 25.7 Å². The van der Waals surface area contributed by atoms with Crippen LogP contribution in [0, 0.1) is 6.92 Å². The van der Waals surface area contributed by atoms with Crippen LogP contribution in [0.2, 0.25) is 5.02 Å². The summed E-state index contributed by atoms with van der Waals surface area (Å²) in [6.45, 7) is 3.68. The maximum absolute atomic E-state index is 9.43. The van der Waals surface area contributed by atoms with Crippen molar-refractivity contribution >= 4 is 11.6 Å². The van der Waals surface area contributed by atoms with Gasteiger partial charge in [0.2, 0.25) is 0 Å². The van der Waals surface area contributed by atoms with E-state index < -0.39 is 12.2 Å². The third-order valence-electron chi connectivity index (χ3n) is 2.94. The van der Waals surface area contributed by atoms with Gasteiger partial charge >= 0.3 is 0 Å². The Labute approximate surface area is 100 Å². The van der Waals surface area contributed by atoms with E-state index in [1.165, 1.54) is 0 Å². The fraction of sp³-hybridized carbons (Fsp3) is 0.500. The molecule has 2 atom stereocenters. The van der Waals surface area contributed by atoms with Gasteiger partial charge in [-0.2, -0.15) is 0 Å². The highest BCUT2D eigenvalue weighted by Gasteiger charge is 2.29. The second-order valence-corrected chi connectivity index (χ2v) is 4.83. The molecule has 2 unspecified atom stereocenters. The summed E-state index contributed by atoms with van der Waals surface area (Å²) >= 11 is 6.13. The average molecular weight is 242 g/mol. The topological polar surface area (TPSA) is 43.7 Å². The number of aliphatic hydroxyl groups is 2. The number of hydrogen-bond acceptors (Lipinski definition) is 3. The van der Waals surface area contributed by atoms with Crippen molar-refractivity contribution in [1.82, 2.24) is 4.90 Å². The molecule has 1 aromatic rings. The molecule has 0 spiro atoms. The second kappa shape index (κ2) is 4.72. The molecule has 0 bridgehead atoms. The van der Waals surface area contributed by atoms with Crippen molar-refractivity contribution in [2.24, 2.45) is 0 Å². The molecule has 0 amide bonds. The highest BCUT2D eigenvalue weighted by Crippen LogP contribution is 2.21. The standard InChI is InChI=1S/C12H16ClNO2/c1-8-2-3-9(10(13)4-8)5-14-6-11(15)12(16)7-14/h2-4,11-12,15-16H,5-7H2,1H3. The molecule has 16 heavy (non-hydrogen) atoms. The molecule has 2 rings (SSSR count). The van der Waals surface area contributed by atoms with Crippen LogP contribution in [0.25, 0.3) is 0 Å². The first-order valence-electron chi connectivity index (χ1n) is 5.40. The van der Waals surface area contributed by atoms with Crippen molar-refractivity contribution < 1.29 is 10.2 Å². The molecule has 4 heteroatoms. The van der Waals surface area contributed by atoms with Gasteiger partial charge in [-0.15, -0.1) is 0 Å². The Kier molecular flexibility index (Phi) is 3.50. The lowest BCUT2D eigenvalue weighted by atomic mass is 10.1. The van der Waals surface area contributed by atoms with E-state index in [9.17, 15) is 10.2 Å². The summed E-state index contributed by atoms with van der Waals surface area (Å²) in [7, 11) is 0. The Morgan fingerprint density at radius 1 is 1.31 bits per heavy atom. The molecule has 0 aromatic heterocycles. The molecule has 2 N–H and O–H groups in total. The number of nitrogens with zero attached hydrogens (tertiary/aromatic N) is 1. The van der Waals surface area contributed by atoms with E-state index in [-0.39, 0.29) is 0 Å². The van der Waals surface area contributed by atoms with Crippen molar-refractivity contribution in [3.8, 4) is 0 Å². The molecule has 0 saturated carbocycles. The maximum Gasteiger partial charge on any atom is 0.0938 e. The minimum absolute atomic E-state index is 0.505. The van der Waals surface area contributed by atoms with Gasteiger partial charge in [0, 0.05) is 24.7 Å². The molecule has 1 aromatic carbocycles. The van der Waals surface area contributed by atoms with Gasteiger partial charge < -0.3 is 10.2 Å². The van der Waals surface area contributed by atoms with Crippen LogP contribution in [-0.2, 0) is 6.54 Å². The quantitative estimate of drug-likeness (QED) is 0.818. The number of benzene rings is 1. The smallest absolute Gasteiger partial charge is 0.0938 e. The van der Waals surface area contributed by atoms with E-state index >= 15 is 0 Å². The SMILES string of the molecule is Cc1ccc(CN2CC(O)C(O)C2)c(Cl)c1. The zero-order chi connectivity index (χ0) is 11.7. The monoisotopic (exact) mass is 241 g/mol. The Morgan fingerprint density at radius 3 is 2.50 bits per heavy atom. The van der Waals surface area contributed by atoms with Crippen LogP contribution in [-0.4, -0.2) is 40.4 Å². The van der Waals surface area contributed by atoms with Gasteiger partial charge in [0.05, 0.1) is 12.2 Å².